The van der Waals surface area contributed by atoms with Crippen LogP contribution in [0.15, 0.2) is 40.2 Å². The normalized spacial score (nSPS) is 12.6. The lowest BCUT2D eigenvalue weighted by atomic mass is 10.0. The fraction of sp³-hybridized carbons (Fsp3) is 0.333. The zero-order valence-electron chi connectivity index (χ0n) is 10.8. The molecule has 0 bridgehead atoms. The molecule has 0 radical (unpaired) electrons. The van der Waals surface area contributed by atoms with Crippen molar-refractivity contribution in [1.29, 1.82) is 0 Å². The topological polar surface area (TPSA) is 12.0 Å². The van der Waals surface area contributed by atoms with E-state index in [0.717, 1.165) is 19.4 Å². The summed E-state index contributed by atoms with van der Waals surface area (Å²) in [5.41, 5.74) is 1.37. The van der Waals surface area contributed by atoms with Gasteiger partial charge in [-0.15, -0.1) is 11.3 Å². The summed E-state index contributed by atoms with van der Waals surface area (Å²) in [6.45, 7) is 3.16. The highest BCUT2D eigenvalue weighted by Crippen LogP contribution is 2.29. The van der Waals surface area contributed by atoms with Crippen LogP contribution in [0.3, 0.4) is 0 Å². The molecular weight excluding hydrogens is 433 g/mol. The van der Waals surface area contributed by atoms with Gasteiger partial charge in [-0.2, -0.15) is 0 Å². The van der Waals surface area contributed by atoms with Crippen LogP contribution in [0.25, 0.3) is 0 Å². The summed E-state index contributed by atoms with van der Waals surface area (Å²) in [5, 5.41) is 5.75. The predicted octanol–water partition coefficient (Wildman–Crippen LogP) is 5.40. The van der Waals surface area contributed by atoms with Crippen molar-refractivity contribution in [2.24, 2.45) is 0 Å². The Kier molecular flexibility index (Phi) is 6.32. The van der Waals surface area contributed by atoms with Gasteiger partial charge in [0.05, 0.1) is 0 Å². The van der Waals surface area contributed by atoms with Crippen molar-refractivity contribution in [2.45, 2.75) is 25.8 Å². The fourth-order valence-corrected chi connectivity index (χ4v) is 3.90. The van der Waals surface area contributed by atoms with Crippen LogP contribution >= 0.6 is 49.9 Å². The van der Waals surface area contributed by atoms with E-state index in [1.165, 1.54) is 18.5 Å². The minimum Gasteiger partial charge on any atom is -0.310 e. The molecule has 0 fully saturated rings. The molecule has 1 unspecified atom stereocenters. The van der Waals surface area contributed by atoms with E-state index in [0.29, 0.717) is 6.04 Å². The zero-order valence-corrected chi connectivity index (χ0v) is 15.4. The Labute approximate surface area is 141 Å². The van der Waals surface area contributed by atoms with Crippen molar-refractivity contribution in [3.8, 4) is 0 Å². The molecule has 0 saturated heterocycles. The molecular formula is C15H17BrINS. The second-order valence-corrected chi connectivity index (χ2v) is 7.53. The maximum absolute atomic E-state index is 3.68. The van der Waals surface area contributed by atoms with Crippen molar-refractivity contribution in [1.82, 2.24) is 5.32 Å². The van der Waals surface area contributed by atoms with E-state index < -0.39 is 0 Å². The molecule has 0 aliphatic heterocycles. The Morgan fingerprint density at radius 3 is 2.89 bits per heavy atom. The molecule has 1 aromatic heterocycles. The van der Waals surface area contributed by atoms with Gasteiger partial charge in [0.2, 0.25) is 0 Å². The number of nitrogens with one attached hydrogen (secondary N) is 1. The zero-order chi connectivity index (χ0) is 13.7. The van der Waals surface area contributed by atoms with E-state index in [1.807, 2.05) is 11.3 Å². The van der Waals surface area contributed by atoms with Crippen molar-refractivity contribution in [2.75, 3.05) is 6.54 Å². The van der Waals surface area contributed by atoms with Crippen LogP contribution in [0.4, 0.5) is 0 Å². The van der Waals surface area contributed by atoms with E-state index in [9.17, 15) is 0 Å². The summed E-state index contributed by atoms with van der Waals surface area (Å²) in [6.07, 6.45) is 2.26. The molecule has 0 spiro atoms. The minimum absolute atomic E-state index is 0.413. The maximum Gasteiger partial charge on any atom is 0.0335 e. The second kappa shape index (κ2) is 7.76. The molecule has 0 amide bonds. The third-order valence-electron chi connectivity index (χ3n) is 3.04. The molecule has 2 aromatic rings. The van der Waals surface area contributed by atoms with Crippen molar-refractivity contribution in [3.05, 3.63) is 54.2 Å². The predicted molar refractivity (Wildman–Crippen MR) is 95.9 cm³/mol. The molecule has 4 heteroatoms. The average molecular weight is 450 g/mol. The third-order valence-corrected chi connectivity index (χ3v) is 5.37. The lowest BCUT2D eigenvalue weighted by molar-refractivity contribution is 0.515. The highest BCUT2D eigenvalue weighted by atomic mass is 127. The Balaban J connectivity index is 2.12. The number of aryl methyl sites for hydroxylation is 1. The molecule has 1 nitrogen and oxygen atoms in total. The lowest BCUT2D eigenvalue weighted by Gasteiger charge is -2.20. The van der Waals surface area contributed by atoms with Crippen LogP contribution in [-0.2, 0) is 6.42 Å². The molecule has 0 saturated carbocycles. The molecule has 1 N–H and O–H groups in total. The first-order valence-electron chi connectivity index (χ1n) is 6.41. The van der Waals surface area contributed by atoms with Gasteiger partial charge in [0.25, 0.3) is 0 Å². The van der Waals surface area contributed by atoms with Gasteiger partial charge in [0.15, 0.2) is 0 Å². The molecule has 1 aromatic carbocycles. The van der Waals surface area contributed by atoms with Gasteiger partial charge in [0.1, 0.15) is 0 Å². The Hall–Kier alpha value is 0.0900. The number of halogens is 2. The average Bonchev–Trinajstić information content (AvgIpc) is 2.91. The smallest absolute Gasteiger partial charge is 0.0335 e. The number of rotatable bonds is 6. The third kappa shape index (κ3) is 4.55. The molecule has 0 aliphatic carbocycles. The standard InChI is InChI=1S/C15H17BrINS/c1-2-18-15(8-6-12-4-3-9-19-12)13-10-11(17)5-7-14(13)16/h3-5,7,9-10,15,18H,2,6,8H2,1H3. The van der Waals surface area contributed by atoms with Gasteiger partial charge in [-0.1, -0.05) is 28.9 Å². The van der Waals surface area contributed by atoms with Crippen LogP contribution in [0, 0.1) is 3.57 Å². The first kappa shape index (κ1) is 15.5. The maximum atomic E-state index is 3.68. The van der Waals surface area contributed by atoms with Crippen LogP contribution in [0.1, 0.15) is 29.8 Å². The van der Waals surface area contributed by atoms with E-state index >= 15 is 0 Å². The fourth-order valence-electron chi connectivity index (χ4n) is 2.14. The number of hydrogen-bond acceptors (Lipinski definition) is 2. The molecule has 2 rings (SSSR count). The van der Waals surface area contributed by atoms with Crippen molar-refractivity contribution < 1.29 is 0 Å². The van der Waals surface area contributed by atoms with E-state index in [4.69, 9.17) is 0 Å². The molecule has 0 aliphatic rings. The van der Waals surface area contributed by atoms with E-state index in [1.54, 1.807) is 0 Å². The van der Waals surface area contributed by atoms with Crippen LogP contribution < -0.4 is 5.32 Å². The SMILES string of the molecule is CCNC(CCc1cccs1)c1cc(I)ccc1Br. The van der Waals surface area contributed by atoms with Gasteiger partial charge in [-0.25, -0.2) is 0 Å². The van der Waals surface area contributed by atoms with Crippen LogP contribution in [-0.4, -0.2) is 6.54 Å². The van der Waals surface area contributed by atoms with Crippen LogP contribution in [0.5, 0.6) is 0 Å². The van der Waals surface area contributed by atoms with E-state index in [2.05, 4.69) is 86.5 Å². The van der Waals surface area contributed by atoms with Gasteiger partial charge in [0, 0.05) is 19.0 Å². The molecule has 102 valence electrons. The largest absolute Gasteiger partial charge is 0.310 e. The summed E-state index contributed by atoms with van der Waals surface area (Å²) in [6, 6.07) is 11.3. The van der Waals surface area contributed by atoms with Gasteiger partial charge in [-0.3, -0.25) is 0 Å². The summed E-state index contributed by atoms with van der Waals surface area (Å²) in [4.78, 5) is 1.46. The summed E-state index contributed by atoms with van der Waals surface area (Å²) in [7, 11) is 0. The quantitative estimate of drug-likeness (QED) is 0.582. The van der Waals surface area contributed by atoms with Gasteiger partial charge < -0.3 is 5.32 Å². The van der Waals surface area contributed by atoms with Crippen molar-refractivity contribution >= 4 is 49.9 Å². The number of benzene rings is 1. The van der Waals surface area contributed by atoms with Crippen molar-refractivity contribution in [3.63, 3.8) is 0 Å². The Bertz CT molecular complexity index is 513. The highest BCUT2D eigenvalue weighted by molar-refractivity contribution is 14.1. The molecule has 1 heterocycles. The van der Waals surface area contributed by atoms with Gasteiger partial charge in [-0.05, 0) is 77.2 Å². The second-order valence-electron chi connectivity index (χ2n) is 4.39. The van der Waals surface area contributed by atoms with Gasteiger partial charge >= 0.3 is 0 Å². The highest BCUT2D eigenvalue weighted by Gasteiger charge is 2.14. The number of thiophene rings is 1. The minimum atomic E-state index is 0.413. The summed E-state index contributed by atoms with van der Waals surface area (Å²) < 4.78 is 2.49. The molecule has 19 heavy (non-hydrogen) atoms. The first-order chi connectivity index (χ1) is 9.20. The lowest BCUT2D eigenvalue weighted by Crippen LogP contribution is -2.22. The Morgan fingerprint density at radius 2 is 2.21 bits per heavy atom. The van der Waals surface area contributed by atoms with Crippen LogP contribution in [0.2, 0.25) is 0 Å². The summed E-state index contributed by atoms with van der Waals surface area (Å²) in [5.74, 6) is 0. The Morgan fingerprint density at radius 1 is 1.37 bits per heavy atom. The monoisotopic (exact) mass is 449 g/mol. The summed E-state index contributed by atoms with van der Waals surface area (Å²) >= 11 is 7.90. The number of hydrogen-bond donors (Lipinski definition) is 1. The molecule has 1 atom stereocenters. The van der Waals surface area contributed by atoms with E-state index in [-0.39, 0.29) is 0 Å². The first-order valence-corrected chi connectivity index (χ1v) is 9.16.